The van der Waals surface area contributed by atoms with Gasteiger partial charge in [0.25, 0.3) is 0 Å². The van der Waals surface area contributed by atoms with Gasteiger partial charge in [0.2, 0.25) is 5.13 Å². The Morgan fingerprint density at radius 2 is 2.38 bits per heavy atom. The van der Waals surface area contributed by atoms with Crippen LogP contribution in [0.1, 0.15) is 30.3 Å². The van der Waals surface area contributed by atoms with E-state index in [1.165, 1.54) is 12.8 Å². The lowest BCUT2D eigenvalue weighted by Crippen LogP contribution is -1.96. The molecule has 0 aromatic carbocycles. The van der Waals surface area contributed by atoms with Crippen LogP contribution in [0.2, 0.25) is 0 Å². The SMILES string of the molecule is CCCCc1nnc(NCc2ccoc2)s1. The first-order chi connectivity index (χ1) is 7.88. The molecule has 0 unspecified atom stereocenters. The summed E-state index contributed by atoms with van der Waals surface area (Å²) in [5.41, 5.74) is 1.12. The Bertz CT molecular complexity index is 411. The Hall–Kier alpha value is -1.36. The Balaban J connectivity index is 1.83. The Morgan fingerprint density at radius 3 is 3.12 bits per heavy atom. The van der Waals surface area contributed by atoms with E-state index < -0.39 is 0 Å². The van der Waals surface area contributed by atoms with E-state index in [1.54, 1.807) is 23.9 Å². The predicted molar refractivity (Wildman–Crippen MR) is 64.6 cm³/mol. The first kappa shape index (κ1) is 11.1. The molecule has 0 saturated heterocycles. The molecule has 0 bridgehead atoms. The maximum atomic E-state index is 4.99. The van der Waals surface area contributed by atoms with Crippen molar-refractivity contribution in [2.24, 2.45) is 0 Å². The maximum absolute atomic E-state index is 4.99. The highest BCUT2D eigenvalue weighted by Gasteiger charge is 2.03. The average Bonchev–Trinajstić information content (AvgIpc) is 2.95. The van der Waals surface area contributed by atoms with E-state index in [-0.39, 0.29) is 0 Å². The van der Waals surface area contributed by atoms with Crippen molar-refractivity contribution in [3.05, 3.63) is 29.2 Å². The molecular weight excluding hydrogens is 222 g/mol. The van der Waals surface area contributed by atoms with Crippen molar-refractivity contribution in [2.45, 2.75) is 32.7 Å². The van der Waals surface area contributed by atoms with Gasteiger partial charge in [0.15, 0.2) is 0 Å². The zero-order valence-corrected chi connectivity index (χ0v) is 10.1. The number of furan rings is 1. The first-order valence-corrected chi connectivity index (χ1v) is 6.27. The highest BCUT2D eigenvalue weighted by atomic mass is 32.1. The summed E-state index contributed by atoms with van der Waals surface area (Å²) in [5, 5.41) is 13.5. The second-order valence-electron chi connectivity index (χ2n) is 3.59. The van der Waals surface area contributed by atoms with E-state index in [0.717, 1.165) is 28.7 Å². The molecule has 0 amide bonds. The smallest absolute Gasteiger partial charge is 0.205 e. The second-order valence-corrected chi connectivity index (χ2v) is 4.65. The van der Waals surface area contributed by atoms with Crippen molar-refractivity contribution < 1.29 is 4.42 Å². The van der Waals surface area contributed by atoms with Crippen LogP contribution in [0.4, 0.5) is 5.13 Å². The molecule has 0 aliphatic rings. The summed E-state index contributed by atoms with van der Waals surface area (Å²) in [4.78, 5) is 0. The minimum atomic E-state index is 0.735. The fourth-order valence-electron chi connectivity index (χ4n) is 1.32. The Morgan fingerprint density at radius 1 is 1.44 bits per heavy atom. The van der Waals surface area contributed by atoms with E-state index in [4.69, 9.17) is 4.42 Å². The van der Waals surface area contributed by atoms with Gasteiger partial charge >= 0.3 is 0 Å². The van der Waals surface area contributed by atoms with Crippen molar-refractivity contribution in [3.8, 4) is 0 Å². The third-order valence-electron chi connectivity index (χ3n) is 2.23. The highest BCUT2D eigenvalue weighted by Crippen LogP contribution is 2.17. The third kappa shape index (κ3) is 3.06. The molecule has 0 radical (unpaired) electrons. The van der Waals surface area contributed by atoms with Crippen LogP contribution in [0.3, 0.4) is 0 Å². The number of nitrogens with one attached hydrogen (secondary N) is 1. The van der Waals surface area contributed by atoms with E-state index in [0.29, 0.717) is 0 Å². The number of aryl methyl sites for hydroxylation is 1. The minimum absolute atomic E-state index is 0.735. The van der Waals surface area contributed by atoms with Gasteiger partial charge in [0.05, 0.1) is 12.5 Å². The minimum Gasteiger partial charge on any atom is -0.472 e. The number of hydrogen-bond acceptors (Lipinski definition) is 5. The zero-order chi connectivity index (χ0) is 11.2. The van der Waals surface area contributed by atoms with Crippen LogP contribution < -0.4 is 5.32 Å². The number of hydrogen-bond donors (Lipinski definition) is 1. The molecule has 16 heavy (non-hydrogen) atoms. The molecule has 4 nitrogen and oxygen atoms in total. The highest BCUT2D eigenvalue weighted by molar-refractivity contribution is 7.15. The molecule has 0 atom stereocenters. The van der Waals surface area contributed by atoms with Gasteiger partial charge in [-0.1, -0.05) is 24.7 Å². The number of rotatable bonds is 6. The molecule has 0 spiro atoms. The van der Waals surface area contributed by atoms with Crippen LogP contribution in [0.5, 0.6) is 0 Å². The van der Waals surface area contributed by atoms with Gasteiger partial charge in [-0.05, 0) is 12.5 Å². The fourth-order valence-corrected chi connectivity index (χ4v) is 2.10. The van der Waals surface area contributed by atoms with Crippen molar-refractivity contribution in [1.29, 1.82) is 0 Å². The summed E-state index contributed by atoms with van der Waals surface area (Å²) in [6.45, 7) is 2.91. The van der Waals surface area contributed by atoms with E-state index in [2.05, 4.69) is 22.4 Å². The van der Waals surface area contributed by atoms with Crippen LogP contribution in [-0.4, -0.2) is 10.2 Å². The molecule has 2 aromatic rings. The summed E-state index contributed by atoms with van der Waals surface area (Å²) in [6.07, 6.45) is 6.80. The summed E-state index contributed by atoms with van der Waals surface area (Å²) < 4.78 is 4.99. The molecule has 0 aliphatic heterocycles. The lowest BCUT2D eigenvalue weighted by molar-refractivity contribution is 0.564. The van der Waals surface area contributed by atoms with Crippen molar-refractivity contribution in [3.63, 3.8) is 0 Å². The van der Waals surface area contributed by atoms with Gasteiger partial charge in [-0.25, -0.2) is 0 Å². The summed E-state index contributed by atoms with van der Waals surface area (Å²) >= 11 is 1.63. The summed E-state index contributed by atoms with van der Waals surface area (Å²) in [7, 11) is 0. The Labute approximate surface area is 98.7 Å². The zero-order valence-electron chi connectivity index (χ0n) is 9.27. The Kier molecular flexibility index (Phi) is 3.93. The molecule has 2 rings (SSSR count). The van der Waals surface area contributed by atoms with Crippen LogP contribution in [0, 0.1) is 0 Å². The first-order valence-electron chi connectivity index (χ1n) is 5.46. The molecular formula is C11H15N3OS. The fraction of sp³-hybridized carbons (Fsp3) is 0.455. The molecule has 0 aliphatic carbocycles. The second kappa shape index (κ2) is 5.65. The van der Waals surface area contributed by atoms with Gasteiger partial charge in [0, 0.05) is 18.5 Å². The van der Waals surface area contributed by atoms with Gasteiger partial charge in [-0.15, -0.1) is 10.2 Å². The van der Waals surface area contributed by atoms with Crippen LogP contribution in [0.15, 0.2) is 23.0 Å². The molecule has 86 valence electrons. The lowest BCUT2D eigenvalue weighted by atomic mass is 10.3. The molecule has 5 heteroatoms. The normalized spacial score (nSPS) is 10.6. The average molecular weight is 237 g/mol. The molecule has 1 N–H and O–H groups in total. The summed E-state index contributed by atoms with van der Waals surface area (Å²) in [6, 6.07) is 1.94. The van der Waals surface area contributed by atoms with Crippen LogP contribution in [0.25, 0.3) is 0 Å². The van der Waals surface area contributed by atoms with Gasteiger partial charge in [0.1, 0.15) is 5.01 Å². The van der Waals surface area contributed by atoms with Gasteiger partial charge in [-0.2, -0.15) is 0 Å². The topological polar surface area (TPSA) is 51.0 Å². The number of nitrogens with zero attached hydrogens (tertiary/aromatic N) is 2. The molecule has 0 saturated carbocycles. The predicted octanol–water partition coefficient (Wildman–Crippen LogP) is 3.09. The maximum Gasteiger partial charge on any atom is 0.205 e. The molecule has 0 fully saturated rings. The third-order valence-corrected chi connectivity index (χ3v) is 3.18. The lowest BCUT2D eigenvalue weighted by Gasteiger charge is -1.96. The van der Waals surface area contributed by atoms with Gasteiger partial charge in [-0.3, -0.25) is 0 Å². The largest absolute Gasteiger partial charge is 0.472 e. The van der Waals surface area contributed by atoms with Crippen molar-refractivity contribution in [2.75, 3.05) is 5.32 Å². The van der Waals surface area contributed by atoms with Crippen molar-refractivity contribution in [1.82, 2.24) is 10.2 Å². The number of aromatic nitrogens is 2. The van der Waals surface area contributed by atoms with E-state index in [9.17, 15) is 0 Å². The van der Waals surface area contributed by atoms with Crippen LogP contribution >= 0.6 is 11.3 Å². The van der Waals surface area contributed by atoms with Crippen molar-refractivity contribution >= 4 is 16.5 Å². The quantitative estimate of drug-likeness (QED) is 0.838. The van der Waals surface area contributed by atoms with Crippen LogP contribution in [-0.2, 0) is 13.0 Å². The molecule has 2 heterocycles. The van der Waals surface area contributed by atoms with E-state index in [1.807, 2.05) is 6.07 Å². The number of unbranched alkanes of at least 4 members (excludes halogenated alkanes) is 1. The summed E-state index contributed by atoms with van der Waals surface area (Å²) in [5.74, 6) is 0. The standard InChI is InChI=1S/C11H15N3OS/c1-2-3-4-10-13-14-11(16-10)12-7-9-5-6-15-8-9/h5-6,8H,2-4,7H2,1H3,(H,12,14). The molecule has 2 aromatic heterocycles. The monoisotopic (exact) mass is 237 g/mol. The van der Waals surface area contributed by atoms with E-state index >= 15 is 0 Å². The van der Waals surface area contributed by atoms with Gasteiger partial charge < -0.3 is 9.73 Å². The number of anilines is 1.